The highest BCUT2D eigenvalue weighted by Gasteiger charge is 2.14. The maximum absolute atomic E-state index is 12.1. The number of benzene rings is 1. The van der Waals surface area contributed by atoms with Crippen molar-refractivity contribution in [1.82, 2.24) is 4.90 Å². The first-order valence-electron chi connectivity index (χ1n) is 7.12. The number of hydrogen-bond acceptors (Lipinski definition) is 4. The minimum Gasteiger partial charge on any atom is -0.468 e. The van der Waals surface area contributed by atoms with E-state index in [1.165, 1.54) is 7.11 Å². The summed E-state index contributed by atoms with van der Waals surface area (Å²) in [7, 11) is 1.35. The molecule has 0 fully saturated rings. The maximum atomic E-state index is 12.1. The van der Waals surface area contributed by atoms with E-state index in [1.807, 2.05) is 39.0 Å². The highest BCUT2D eigenvalue weighted by Crippen LogP contribution is 2.15. The molecule has 1 N–H and O–H groups in total. The lowest BCUT2D eigenvalue weighted by atomic mass is 10.1. The first kappa shape index (κ1) is 17.2. The molecule has 1 amide bonds. The van der Waals surface area contributed by atoms with Crippen molar-refractivity contribution >= 4 is 17.6 Å². The normalized spacial score (nSPS) is 10.5. The largest absolute Gasteiger partial charge is 0.468 e. The molecular weight excluding hydrogens is 268 g/mol. The van der Waals surface area contributed by atoms with Gasteiger partial charge in [0.1, 0.15) is 0 Å². The van der Waals surface area contributed by atoms with Gasteiger partial charge in [0.25, 0.3) is 0 Å². The summed E-state index contributed by atoms with van der Waals surface area (Å²) in [5, 5.41) is 2.88. The molecule has 0 spiro atoms. The Morgan fingerprint density at radius 3 is 2.52 bits per heavy atom. The maximum Gasteiger partial charge on any atom is 0.319 e. The van der Waals surface area contributed by atoms with Crippen molar-refractivity contribution in [3.8, 4) is 0 Å². The van der Waals surface area contributed by atoms with Gasteiger partial charge in [-0.3, -0.25) is 14.5 Å². The molecule has 0 aliphatic heterocycles. The molecule has 0 heterocycles. The molecule has 0 aliphatic rings. The monoisotopic (exact) mass is 292 g/mol. The topological polar surface area (TPSA) is 58.6 Å². The van der Waals surface area contributed by atoms with E-state index in [4.69, 9.17) is 0 Å². The number of anilines is 1. The number of hydrogen-bond donors (Lipinski definition) is 1. The zero-order valence-electron chi connectivity index (χ0n) is 13.2. The van der Waals surface area contributed by atoms with Gasteiger partial charge < -0.3 is 10.1 Å². The van der Waals surface area contributed by atoms with Gasteiger partial charge in [-0.15, -0.1) is 0 Å². The quantitative estimate of drug-likeness (QED) is 0.782. The summed E-state index contributed by atoms with van der Waals surface area (Å²) >= 11 is 0. The summed E-state index contributed by atoms with van der Waals surface area (Å²) in [4.78, 5) is 25.2. The summed E-state index contributed by atoms with van der Waals surface area (Å²) in [5.41, 5.74) is 2.99. The van der Waals surface area contributed by atoms with Gasteiger partial charge in [0.15, 0.2) is 0 Å². The van der Waals surface area contributed by atoms with Crippen LogP contribution in [0, 0.1) is 13.8 Å². The molecule has 21 heavy (non-hydrogen) atoms. The van der Waals surface area contributed by atoms with Crippen LogP contribution in [0.25, 0.3) is 0 Å². The van der Waals surface area contributed by atoms with Crippen LogP contribution in [0.5, 0.6) is 0 Å². The number of rotatable bonds is 7. The van der Waals surface area contributed by atoms with Gasteiger partial charge in [-0.25, -0.2) is 0 Å². The van der Waals surface area contributed by atoms with Crippen LogP contribution in [-0.2, 0) is 14.3 Å². The number of ether oxygens (including phenoxy) is 1. The number of methoxy groups -OCH3 is 1. The summed E-state index contributed by atoms with van der Waals surface area (Å²) in [6.45, 7) is 6.96. The highest BCUT2D eigenvalue weighted by atomic mass is 16.5. The van der Waals surface area contributed by atoms with E-state index < -0.39 is 0 Å². The molecule has 0 radical (unpaired) electrons. The molecule has 5 heteroatoms. The Kier molecular flexibility index (Phi) is 6.88. The van der Waals surface area contributed by atoms with Crippen molar-refractivity contribution in [3.63, 3.8) is 0 Å². The van der Waals surface area contributed by atoms with Crippen molar-refractivity contribution in [3.05, 3.63) is 29.3 Å². The molecule has 0 atom stereocenters. The first-order valence-corrected chi connectivity index (χ1v) is 7.12. The third kappa shape index (κ3) is 5.95. The standard InChI is InChI=1S/C16H24N2O3/c1-5-8-18(11-16(20)21-4)10-15(19)17-14-7-6-12(2)9-13(14)3/h6-7,9H,5,8,10-11H2,1-4H3,(H,17,19). The van der Waals surface area contributed by atoms with Crippen LogP contribution >= 0.6 is 0 Å². The average Bonchev–Trinajstić information content (AvgIpc) is 2.42. The fraction of sp³-hybridized carbons (Fsp3) is 0.500. The zero-order chi connectivity index (χ0) is 15.8. The Bertz CT molecular complexity index is 500. The summed E-state index contributed by atoms with van der Waals surface area (Å²) < 4.78 is 4.65. The number of amides is 1. The number of nitrogens with one attached hydrogen (secondary N) is 1. The third-order valence-electron chi connectivity index (χ3n) is 3.14. The van der Waals surface area contributed by atoms with E-state index in [2.05, 4.69) is 10.1 Å². The van der Waals surface area contributed by atoms with Crippen LogP contribution in [0.4, 0.5) is 5.69 Å². The van der Waals surface area contributed by atoms with E-state index in [-0.39, 0.29) is 25.0 Å². The van der Waals surface area contributed by atoms with Crippen molar-refractivity contribution in [2.45, 2.75) is 27.2 Å². The van der Waals surface area contributed by atoms with Gasteiger partial charge in [-0.1, -0.05) is 24.6 Å². The van der Waals surface area contributed by atoms with Gasteiger partial charge in [0.2, 0.25) is 5.91 Å². The summed E-state index contributed by atoms with van der Waals surface area (Å²) in [6, 6.07) is 5.88. The molecule has 0 unspecified atom stereocenters. The predicted octanol–water partition coefficient (Wildman–Crippen LogP) is 2.13. The minimum atomic E-state index is -0.331. The molecule has 1 rings (SSSR count). The lowest BCUT2D eigenvalue weighted by molar-refractivity contribution is -0.142. The van der Waals surface area contributed by atoms with Gasteiger partial charge in [-0.2, -0.15) is 0 Å². The Morgan fingerprint density at radius 1 is 1.24 bits per heavy atom. The highest BCUT2D eigenvalue weighted by molar-refractivity contribution is 5.93. The van der Waals surface area contributed by atoms with E-state index in [1.54, 1.807) is 4.90 Å². The Morgan fingerprint density at radius 2 is 1.95 bits per heavy atom. The minimum absolute atomic E-state index is 0.126. The number of esters is 1. The Hall–Kier alpha value is -1.88. The molecule has 0 saturated carbocycles. The molecule has 0 saturated heterocycles. The van der Waals surface area contributed by atoms with Crippen LogP contribution in [0.1, 0.15) is 24.5 Å². The second-order valence-electron chi connectivity index (χ2n) is 5.15. The molecule has 0 aromatic heterocycles. The van der Waals surface area contributed by atoms with Crippen molar-refractivity contribution < 1.29 is 14.3 Å². The fourth-order valence-electron chi connectivity index (χ4n) is 2.12. The Balaban J connectivity index is 2.62. The molecule has 5 nitrogen and oxygen atoms in total. The lowest BCUT2D eigenvalue weighted by Gasteiger charge is -2.20. The van der Waals surface area contributed by atoms with E-state index in [9.17, 15) is 9.59 Å². The molecular formula is C16H24N2O3. The van der Waals surface area contributed by atoms with Crippen LogP contribution < -0.4 is 5.32 Å². The van der Waals surface area contributed by atoms with Gasteiger partial charge in [0.05, 0.1) is 20.2 Å². The van der Waals surface area contributed by atoms with Crippen LogP contribution in [0.2, 0.25) is 0 Å². The van der Waals surface area contributed by atoms with Crippen molar-refractivity contribution in [1.29, 1.82) is 0 Å². The SMILES string of the molecule is CCCN(CC(=O)Nc1ccc(C)cc1C)CC(=O)OC. The van der Waals surface area contributed by atoms with E-state index in [0.29, 0.717) is 6.54 Å². The van der Waals surface area contributed by atoms with E-state index >= 15 is 0 Å². The number of carbonyl (C=O) groups excluding carboxylic acids is 2. The summed E-state index contributed by atoms with van der Waals surface area (Å²) in [6.07, 6.45) is 0.869. The molecule has 1 aromatic rings. The molecule has 0 bridgehead atoms. The summed E-state index contributed by atoms with van der Waals surface area (Å²) in [5.74, 6) is -0.456. The smallest absolute Gasteiger partial charge is 0.319 e. The van der Waals surface area contributed by atoms with E-state index in [0.717, 1.165) is 23.2 Å². The average molecular weight is 292 g/mol. The Labute approximate surface area is 126 Å². The number of carbonyl (C=O) groups is 2. The van der Waals surface area contributed by atoms with Gasteiger partial charge >= 0.3 is 5.97 Å². The van der Waals surface area contributed by atoms with Gasteiger partial charge in [0, 0.05) is 5.69 Å². The zero-order valence-corrected chi connectivity index (χ0v) is 13.2. The van der Waals surface area contributed by atoms with Crippen molar-refractivity contribution in [2.24, 2.45) is 0 Å². The lowest BCUT2D eigenvalue weighted by Crippen LogP contribution is -2.37. The fourth-order valence-corrected chi connectivity index (χ4v) is 2.12. The molecule has 116 valence electrons. The van der Waals surface area contributed by atoms with Gasteiger partial charge in [-0.05, 0) is 38.4 Å². The van der Waals surface area contributed by atoms with Crippen LogP contribution in [-0.4, -0.2) is 43.5 Å². The first-order chi connectivity index (χ1) is 9.96. The van der Waals surface area contributed by atoms with Crippen molar-refractivity contribution in [2.75, 3.05) is 32.1 Å². The second kappa shape index (κ2) is 8.42. The predicted molar refractivity (Wildman–Crippen MR) is 83.3 cm³/mol. The number of aryl methyl sites for hydroxylation is 2. The molecule has 1 aromatic carbocycles. The third-order valence-corrected chi connectivity index (χ3v) is 3.14. The van der Waals surface area contributed by atoms with Crippen LogP contribution in [0.3, 0.4) is 0 Å². The second-order valence-corrected chi connectivity index (χ2v) is 5.15. The van der Waals surface area contributed by atoms with Crippen LogP contribution in [0.15, 0.2) is 18.2 Å². The number of nitrogens with zero attached hydrogens (tertiary/aromatic N) is 1. The molecule has 0 aliphatic carbocycles.